The lowest BCUT2D eigenvalue weighted by atomic mass is 10.1. The van der Waals surface area contributed by atoms with Crippen LogP contribution in [0, 0.1) is 11.6 Å². The van der Waals surface area contributed by atoms with Gasteiger partial charge in [-0.2, -0.15) is 0 Å². The van der Waals surface area contributed by atoms with Crippen molar-refractivity contribution in [3.8, 4) is 0 Å². The van der Waals surface area contributed by atoms with Crippen molar-refractivity contribution in [1.29, 1.82) is 0 Å². The highest BCUT2D eigenvalue weighted by Crippen LogP contribution is 2.24. The van der Waals surface area contributed by atoms with Gasteiger partial charge >= 0.3 is 0 Å². The summed E-state index contributed by atoms with van der Waals surface area (Å²) < 4.78 is 68.1. The Balaban J connectivity index is 1.48. The largest absolute Gasteiger partial charge is 0.376 e. The van der Waals surface area contributed by atoms with E-state index in [-0.39, 0.29) is 48.3 Å². The molecule has 1 amide bonds. The van der Waals surface area contributed by atoms with Crippen molar-refractivity contribution in [2.75, 3.05) is 19.8 Å². The Morgan fingerprint density at radius 1 is 1.00 bits per heavy atom. The Morgan fingerprint density at radius 3 is 2.36 bits per heavy atom. The van der Waals surface area contributed by atoms with E-state index in [0.717, 1.165) is 25.7 Å². The molecule has 1 aromatic heterocycles. The number of benzene rings is 2. The highest BCUT2D eigenvalue weighted by Gasteiger charge is 2.30. The molecular weight excluding hydrogens is 528 g/mol. The molecule has 3 heterocycles. The van der Waals surface area contributed by atoms with Gasteiger partial charge in [0.2, 0.25) is 15.0 Å². The molecule has 0 N–H and O–H groups in total. The van der Waals surface area contributed by atoms with Crippen LogP contribution in [0.1, 0.15) is 47.3 Å². The molecule has 2 aliphatic rings. The summed E-state index contributed by atoms with van der Waals surface area (Å²) in [7, 11) is -3.93. The number of hydrogen-bond acceptors (Lipinski definition) is 6. The first kappa shape index (κ1) is 27.4. The summed E-state index contributed by atoms with van der Waals surface area (Å²) in [6.45, 7) is 1.67. The van der Waals surface area contributed by atoms with Crippen LogP contribution in [-0.2, 0) is 38.2 Å². The normalized spacial score (nSPS) is 19.4. The van der Waals surface area contributed by atoms with Crippen LogP contribution in [0.3, 0.4) is 0 Å². The number of hydrogen-bond donors (Lipinski definition) is 0. The number of halogens is 2. The van der Waals surface area contributed by atoms with E-state index in [2.05, 4.69) is 4.98 Å². The summed E-state index contributed by atoms with van der Waals surface area (Å²) in [5, 5.41) is -0.146. The summed E-state index contributed by atoms with van der Waals surface area (Å²) in [6, 6.07) is 11.1. The van der Waals surface area contributed by atoms with Gasteiger partial charge < -0.3 is 18.9 Å². The zero-order chi connectivity index (χ0) is 27.4. The molecule has 2 unspecified atom stereocenters. The van der Waals surface area contributed by atoms with E-state index in [1.165, 1.54) is 53.6 Å². The fourth-order valence-electron chi connectivity index (χ4n) is 5.07. The number of nitrogens with zero attached hydrogens (tertiary/aromatic N) is 3. The van der Waals surface area contributed by atoms with E-state index < -0.39 is 27.4 Å². The first-order chi connectivity index (χ1) is 18.8. The van der Waals surface area contributed by atoms with Gasteiger partial charge in [-0.05, 0) is 55.5 Å². The lowest BCUT2D eigenvalue weighted by molar-refractivity contribution is 0.0493. The SMILES string of the molecule is O=C(c1ccccc1F)N(Cc1cnc(S(=O)(=O)Cc2ccc(F)cc2)n1CC1CCCO1)CC1CCCO1. The third kappa shape index (κ3) is 6.54. The lowest BCUT2D eigenvalue weighted by Crippen LogP contribution is -2.38. The molecule has 0 bridgehead atoms. The summed E-state index contributed by atoms with van der Waals surface area (Å²) in [5.41, 5.74) is 0.857. The van der Waals surface area contributed by atoms with Gasteiger partial charge in [-0.3, -0.25) is 4.79 Å². The van der Waals surface area contributed by atoms with Crippen molar-refractivity contribution in [2.24, 2.45) is 0 Å². The number of aromatic nitrogens is 2. The first-order valence-corrected chi connectivity index (χ1v) is 14.7. The second-order valence-electron chi connectivity index (χ2n) is 9.96. The molecule has 208 valence electrons. The molecule has 3 aromatic rings. The molecule has 0 spiro atoms. The van der Waals surface area contributed by atoms with E-state index in [1.54, 1.807) is 10.6 Å². The zero-order valence-corrected chi connectivity index (χ0v) is 22.3. The third-order valence-corrected chi connectivity index (χ3v) is 8.65. The van der Waals surface area contributed by atoms with E-state index in [9.17, 15) is 22.0 Å². The predicted octanol–water partition coefficient (Wildman–Crippen LogP) is 4.14. The minimum Gasteiger partial charge on any atom is -0.376 e. The van der Waals surface area contributed by atoms with Crippen molar-refractivity contribution in [3.63, 3.8) is 0 Å². The Labute approximate surface area is 226 Å². The van der Waals surface area contributed by atoms with Crippen LogP contribution >= 0.6 is 0 Å². The molecule has 2 saturated heterocycles. The van der Waals surface area contributed by atoms with Crippen LogP contribution in [0.15, 0.2) is 59.9 Å². The number of rotatable bonds is 10. The smallest absolute Gasteiger partial charge is 0.257 e. The summed E-state index contributed by atoms with van der Waals surface area (Å²) >= 11 is 0. The van der Waals surface area contributed by atoms with Crippen molar-refractivity contribution >= 4 is 15.7 Å². The van der Waals surface area contributed by atoms with Crippen LogP contribution < -0.4 is 0 Å². The minimum atomic E-state index is -3.93. The number of sulfone groups is 1. The average molecular weight is 560 g/mol. The van der Waals surface area contributed by atoms with Crippen molar-refractivity contribution in [1.82, 2.24) is 14.5 Å². The predicted molar refractivity (Wildman–Crippen MR) is 139 cm³/mol. The Kier molecular flexibility index (Phi) is 8.39. The monoisotopic (exact) mass is 559 g/mol. The number of carbonyl (C=O) groups is 1. The Morgan fingerprint density at radius 2 is 1.69 bits per heavy atom. The number of carbonyl (C=O) groups excluding carboxylic acids is 1. The molecule has 2 atom stereocenters. The third-order valence-electron chi connectivity index (χ3n) is 7.05. The van der Waals surface area contributed by atoms with E-state index in [4.69, 9.17) is 9.47 Å². The van der Waals surface area contributed by atoms with Gasteiger partial charge in [-0.1, -0.05) is 24.3 Å². The Hall–Kier alpha value is -3.15. The highest BCUT2D eigenvalue weighted by atomic mass is 32.2. The van der Waals surface area contributed by atoms with Crippen molar-refractivity contribution in [2.45, 2.75) is 61.9 Å². The maximum atomic E-state index is 14.6. The van der Waals surface area contributed by atoms with Crippen LogP contribution in [0.5, 0.6) is 0 Å². The molecule has 2 aliphatic heterocycles. The number of ether oxygens (including phenoxy) is 2. The fourth-order valence-corrected chi connectivity index (χ4v) is 6.57. The van der Waals surface area contributed by atoms with Crippen LogP contribution in [0.2, 0.25) is 0 Å². The zero-order valence-electron chi connectivity index (χ0n) is 21.5. The minimum absolute atomic E-state index is 0.0127. The van der Waals surface area contributed by atoms with Gasteiger partial charge in [0.25, 0.3) is 5.91 Å². The Bertz CT molecular complexity index is 1400. The first-order valence-electron chi connectivity index (χ1n) is 13.1. The molecule has 0 saturated carbocycles. The molecule has 39 heavy (non-hydrogen) atoms. The molecule has 2 fully saturated rings. The maximum absolute atomic E-state index is 14.6. The van der Waals surface area contributed by atoms with Gasteiger partial charge in [-0.25, -0.2) is 22.2 Å². The molecule has 0 radical (unpaired) electrons. The summed E-state index contributed by atoms with van der Waals surface area (Å²) in [6.07, 6.45) is 4.32. The van der Waals surface area contributed by atoms with E-state index >= 15 is 0 Å². The van der Waals surface area contributed by atoms with Gasteiger partial charge in [-0.15, -0.1) is 0 Å². The molecule has 5 rings (SSSR count). The van der Waals surface area contributed by atoms with Crippen LogP contribution in [0.4, 0.5) is 8.78 Å². The van der Waals surface area contributed by atoms with Gasteiger partial charge in [0, 0.05) is 19.8 Å². The molecule has 2 aromatic carbocycles. The van der Waals surface area contributed by atoms with Crippen LogP contribution in [-0.4, -0.2) is 60.7 Å². The second-order valence-corrected chi connectivity index (χ2v) is 11.8. The average Bonchev–Trinajstić information content (AvgIpc) is 3.69. The van der Waals surface area contributed by atoms with Crippen molar-refractivity contribution < 1.29 is 31.5 Å². The van der Waals surface area contributed by atoms with Gasteiger partial charge in [0.15, 0.2) is 0 Å². The van der Waals surface area contributed by atoms with Gasteiger partial charge in [0.1, 0.15) is 11.6 Å². The molecule has 8 nitrogen and oxygen atoms in total. The molecule has 0 aliphatic carbocycles. The van der Waals surface area contributed by atoms with Crippen LogP contribution in [0.25, 0.3) is 0 Å². The number of imidazole rings is 1. The quantitative estimate of drug-likeness (QED) is 0.371. The number of amides is 1. The maximum Gasteiger partial charge on any atom is 0.257 e. The second kappa shape index (κ2) is 11.9. The van der Waals surface area contributed by atoms with Crippen molar-refractivity contribution in [3.05, 3.63) is 83.2 Å². The standard InChI is InChI=1S/C28H31F2N3O5S/c29-21-11-9-20(10-12-21)19-39(35,36)28-31-15-22(33(28)18-24-6-4-14-38-24)16-32(17-23-5-3-13-37-23)27(34)25-7-1-2-8-26(25)30/h1-2,7-12,15,23-24H,3-6,13-14,16-19H2. The van der Waals surface area contributed by atoms with Gasteiger partial charge in [0.05, 0.1) is 48.5 Å². The molecular formula is C28H31F2N3O5S. The van der Waals surface area contributed by atoms with E-state index in [1.807, 2.05) is 0 Å². The fraction of sp³-hybridized carbons (Fsp3) is 0.429. The van der Waals surface area contributed by atoms with E-state index in [0.29, 0.717) is 24.5 Å². The summed E-state index contributed by atoms with van der Waals surface area (Å²) in [5.74, 6) is -1.95. The summed E-state index contributed by atoms with van der Waals surface area (Å²) in [4.78, 5) is 19.3. The lowest BCUT2D eigenvalue weighted by Gasteiger charge is -2.27. The molecule has 11 heteroatoms. The topological polar surface area (TPSA) is 90.7 Å². The highest BCUT2D eigenvalue weighted by molar-refractivity contribution is 7.90.